The van der Waals surface area contributed by atoms with Crippen LogP contribution in [-0.4, -0.2) is 26.4 Å². The molecular formula is C28H25N5O. The fraction of sp³-hybridized carbons (Fsp3) is 0.179. The standard InChI is InChI=1S/C28H25N5O/c1-2-3-16-34-27-25(28-30-23-15-14-21(18-29)17-24(23)31-28)32-33(19-20-10-6-4-7-11-20)26(27)22-12-8-5-9-13-22/h4-15,17H,2-3,16,19H2,1H3,(H,30,31). The molecule has 0 saturated carbocycles. The van der Waals surface area contributed by atoms with Gasteiger partial charge in [-0.05, 0) is 30.2 Å². The van der Waals surface area contributed by atoms with Crippen molar-refractivity contribution in [2.24, 2.45) is 0 Å². The van der Waals surface area contributed by atoms with Crippen molar-refractivity contribution in [1.29, 1.82) is 5.26 Å². The molecule has 34 heavy (non-hydrogen) atoms. The Morgan fingerprint density at radius 2 is 1.76 bits per heavy atom. The number of aromatic nitrogens is 4. The number of unbranched alkanes of at least 4 members (excludes halogenated alkanes) is 1. The van der Waals surface area contributed by atoms with Gasteiger partial charge < -0.3 is 9.72 Å². The number of H-pyrrole nitrogens is 1. The zero-order valence-corrected chi connectivity index (χ0v) is 19.0. The van der Waals surface area contributed by atoms with E-state index in [1.165, 1.54) is 0 Å². The summed E-state index contributed by atoms with van der Waals surface area (Å²) in [7, 11) is 0. The first-order valence-electron chi connectivity index (χ1n) is 11.5. The van der Waals surface area contributed by atoms with E-state index in [4.69, 9.17) is 14.8 Å². The number of ether oxygens (including phenoxy) is 1. The molecule has 5 rings (SSSR count). The number of aromatic amines is 1. The number of nitriles is 1. The van der Waals surface area contributed by atoms with Crippen molar-refractivity contribution < 1.29 is 4.74 Å². The fourth-order valence-electron chi connectivity index (χ4n) is 3.99. The smallest absolute Gasteiger partial charge is 0.176 e. The zero-order valence-electron chi connectivity index (χ0n) is 19.0. The average molecular weight is 448 g/mol. The molecule has 0 amide bonds. The molecule has 5 aromatic rings. The van der Waals surface area contributed by atoms with Gasteiger partial charge >= 0.3 is 0 Å². The molecule has 1 N–H and O–H groups in total. The maximum absolute atomic E-state index is 9.27. The Morgan fingerprint density at radius 1 is 1.00 bits per heavy atom. The summed E-state index contributed by atoms with van der Waals surface area (Å²) in [6.07, 6.45) is 1.99. The summed E-state index contributed by atoms with van der Waals surface area (Å²) in [6.45, 7) is 3.35. The lowest BCUT2D eigenvalue weighted by Gasteiger charge is -2.11. The van der Waals surface area contributed by atoms with Gasteiger partial charge in [0.05, 0.1) is 35.8 Å². The van der Waals surface area contributed by atoms with Gasteiger partial charge in [-0.3, -0.25) is 4.68 Å². The van der Waals surface area contributed by atoms with E-state index in [-0.39, 0.29) is 0 Å². The van der Waals surface area contributed by atoms with Gasteiger partial charge in [-0.25, -0.2) is 4.98 Å². The lowest BCUT2D eigenvalue weighted by molar-refractivity contribution is 0.311. The SMILES string of the molecule is CCCCOc1c(-c2nc3ccc(C#N)cc3[nH]2)nn(Cc2ccccc2)c1-c1ccccc1. The first-order chi connectivity index (χ1) is 16.8. The quantitative estimate of drug-likeness (QED) is 0.288. The van der Waals surface area contributed by atoms with Crippen LogP contribution in [0.25, 0.3) is 33.8 Å². The Kier molecular flexibility index (Phi) is 6.09. The van der Waals surface area contributed by atoms with E-state index in [9.17, 15) is 5.26 Å². The normalized spacial score (nSPS) is 10.9. The Balaban J connectivity index is 1.69. The van der Waals surface area contributed by atoms with E-state index in [0.29, 0.717) is 30.2 Å². The minimum atomic E-state index is 0.585. The van der Waals surface area contributed by atoms with Crippen molar-refractivity contribution in [3.63, 3.8) is 0 Å². The van der Waals surface area contributed by atoms with E-state index in [1.807, 2.05) is 53.2 Å². The summed E-state index contributed by atoms with van der Waals surface area (Å²) in [5.41, 5.74) is 5.94. The molecule has 6 nitrogen and oxygen atoms in total. The van der Waals surface area contributed by atoms with Crippen LogP contribution < -0.4 is 4.74 Å². The third-order valence-electron chi connectivity index (χ3n) is 5.71. The Morgan fingerprint density at radius 3 is 2.50 bits per heavy atom. The minimum Gasteiger partial charge on any atom is -0.489 e. The minimum absolute atomic E-state index is 0.585. The van der Waals surface area contributed by atoms with Crippen LogP contribution >= 0.6 is 0 Å². The highest BCUT2D eigenvalue weighted by atomic mass is 16.5. The molecule has 0 aliphatic carbocycles. The third kappa shape index (κ3) is 4.28. The van der Waals surface area contributed by atoms with Crippen molar-refractivity contribution in [2.45, 2.75) is 26.3 Å². The summed E-state index contributed by atoms with van der Waals surface area (Å²) in [5.74, 6) is 1.34. The topological polar surface area (TPSA) is 79.5 Å². The highest BCUT2D eigenvalue weighted by molar-refractivity contribution is 5.83. The number of benzene rings is 3. The van der Waals surface area contributed by atoms with Crippen LogP contribution in [0.1, 0.15) is 30.9 Å². The highest BCUT2D eigenvalue weighted by Crippen LogP contribution is 2.39. The van der Waals surface area contributed by atoms with Crippen LogP contribution in [0.15, 0.2) is 78.9 Å². The van der Waals surface area contributed by atoms with Crippen molar-refractivity contribution >= 4 is 11.0 Å². The van der Waals surface area contributed by atoms with Gasteiger partial charge in [-0.1, -0.05) is 74.0 Å². The van der Waals surface area contributed by atoms with Crippen LogP contribution in [-0.2, 0) is 6.54 Å². The van der Waals surface area contributed by atoms with Crippen LogP contribution in [0, 0.1) is 11.3 Å². The molecule has 0 atom stereocenters. The number of nitrogens with zero attached hydrogens (tertiary/aromatic N) is 4. The van der Waals surface area contributed by atoms with Gasteiger partial charge in [0.25, 0.3) is 0 Å². The molecule has 3 aromatic carbocycles. The first kappa shape index (κ1) is 21.5. The lowest BCUT2D eigenvalue weighted by atomic mass is 10.1. The summed E-state index contributed by atoms with van der Waals surface area (Å²) >= 11 is 0. The van der Waals surface area contributed by atoms with Crippen LogP contribution in [0.2, 0.25) is 0 Å². The fourth-order valence-corrected chi connectivity index (χ4v) is 3.99. The van der Waals surface area contributed by atoms with Gasteiger partial charge in [-0.15, -0.1) is 0 Å². The molecule has 0 spiro atoms. The molecule has 0 unspecified atom stereocenters. The number of rotatable bonds is 8. The summed E-state index contributed by atoms with van der Waals surface area (Å²) < 4.78 is 8.38. The molecule has 0 radical (unpaired) electrons. The van der Waals surface area contributed by atoms with E-state index < -0.39 is 0 Å². The molecule has 0 bridgehead atoms. The maximum Gasteiger partial charge on any atom is 0.176 e. The molecule has 168 valence electrons. The van der Waals surface area contributed by atoms with E-state index >= 15 is 0 Å². The molecule has 2 aromatic heterocycles. The summed E-state index contributed by atoms with van der Waals surface area (Å²) in [4.78, 5) is 8.14. The monoisotopic (exact) mass is 447 g/mol. The van der Waals surface area contributed by atoms with Crippen LogP contribution in [0.5, 0.6) is 5.75 Å². The van der Waals surface area contributed by atoms with Crippen molar-refractivity contribution in [3.05, 3.63) is 90.0 Å². The van der Waals surface area contributed by atoms with Crippen molar-refractivity contribution in [1.82, 2.24) is 19.7 Å². The van der Waals surface area contributed by atoms with Gasteiger partial charge in [0, 0.05) is 5.56 Å². The molecule has 0 saturated heterocycles. The molecule has 0 aliphatic heterocycles. The van der Waals surface area contributed by atoms with E-state index in [0.717, 1.165) is 46.4 Å². The van der Waals surface area contributed by atoms with Gasteiger partial charge in [-0.2, -0.15) is 10.4 Å². The second-order valence-electron chi connectivity index (χ2n) is 8.17. The van der Waals surface area contributed by atoms with Crippen LogP contribution in [0.4, 0.5) is 0 Å². The molecular weight excluding hydrogens is 422 g/mol. The first-order valence-corrected chi connectivity index (χ1v) is 11.5. The number of imidazole rings is 1. The summed E-state index contributed by atoms with van der Waals surface area (Å²) in [6, 6.07) is 28.1. The number of fused-ring (bicyclic) bond motifs is 1. The zero-order chi connectivity index (χ0) is 23.3. The van der Waals surface area contributed by atoms with Gasteiger partial charge in [0.15, 0.2) is 17.3 Å². The molecule has 6 heteroatoms. The number of nitrogens with one attached hydrogen (secondary N) is 1. The predicted octanol–water partition coefficient (Wildman–Crippen LogP) is 6.19. The molecule has 2 heterocycles. The van der Waals surface area contributed by atoms with E-state index in [1.54, 1.807) is 6.07 Å². The largest absolute Gasteiger partial charge is 0.489 e. The maximum atomic E-state index is 9.27. The van der Waals surface area contributed by atoms with Gasteiger partial charge in [0.2, 0.25) is 0 Å². The number of hydrogen-bond donors (Lipinski definition) is 1. The van der Waals surface area contributed by atoms with Gasteiger partial charge in [0.1, 0.15) is 5.69 Å². The lowest BCUT2D eigenvalue weighted by Crippen LogP contribution is -2.05. The summed E-state index contributed by atoms with van der Waals surface area (Å²) in [5, 5.41) is 14.3. The van der Waals surface area contributed by atoms with Crippen molar-refractivity contribution in [2.75, 3.05) is 6.61 Å². The number of hydrogen-bond acceptors (Lipinski definition) is 4. The second kappa shape index (κ2) is 9.63. The highest BCUT2D eigenvalue weighted by Gasteiger charge is 2.24. The Labute approximate surface area is 198 Å². The van der Waals surface area contributed by atoms with E-state index in [2.05, 4.69) is 42.2 Å². The molecule has 0 aliphatic rings. The second-order valence-corrected chi connectivity index (χ2v) is 8.17. The third-order valence-corrected chi connectivity index (χ3v) is 5.71. The molecule has 0 fully saturated rings. The Bertz CT molecular complexity index is 1450. The predicted molar refractivity (Wildman–Crippen MR) is 133 cm³/mol. The van der Waals surface area contributed by atoms with Crippen LogP contribution in [0.3, 0.4) is 0 Å². The van der Waals surface area contributed by atoms with Crippen molar-refractivity contribution in [3.8, 4) is 34.6 Å². The Hall–Kier alpha value is -4.37. The average Bonchev–Trinajstić information content (AvgIpc) is 3.46.